The fraction of sp³-hybridized carbons (Fsp3) is 0.714. The third-order valence-corrected chi connectivity index (χ3v) is 3.57. The molecule has 1 fully saturated rings. The number of ether oxygens (including phenoxy) is 3. The molecule has 0 radical (unpaired) electrons. The Labute approximate surface area is 118 Å². The Morgan fingerprint density at radius 2 is 2.05 bits per heavy atom. The molecule has 1 heterocycles. The van der Waals surface area contributed by atoms with E-state index in [9.17, 15) is 9.59 Å². The van der Waals surface area contributed by atoms with Gasteiger partial charge in [-0.15, -0.1) is 0 Å². The van der Waals surface area contributed by atoms with Crippen molar-refractivity contribution in [3.63, 3.8) is 0 Å². The van der Waals surface area contributed by atoms with Crippen LogP contribution in [0.1, 0.15) is 32.6 Å². The summed E-state index contributed by atoms with van der Waals surface area (Å²) < 4.78 is 14.9. The molecule has 0 aromatic carbocycles. The van der Waals surface area contributed by atoms with Crippen LogP contribution in [0.2, 0.25) is 0 Å². The lowest BCUT2D eigenvalue weighted by Gasteiger charge is -2.26. The maximum absolute atomic E-state index is 11.7. The van der Waals surface area contributed by atoms with Crippen LogP contribution in [0.3, 0.4) is 0 Å². The highest BCUT2D eigenvalue weighted by atomic mass is 16.6. The summed E-state index contributed by atoms with van der Waals surface area (Å²) in [5.41, 5.74) is 0. The quantitative estimate of drug-likeness (QED) is 0.782. The van der Waals surface area contributed by atoms with Gasteiger partial charge in [-0.3, -0.25) is 4.79 Å². The summed E-state index contributed by atoms with van der Waals surface area (Å²) in [7, 11) is 0. The van der Waals surface area contributed by atoms with E-state index in [1.165, 1.54) is 6.26 Å². The molecule has 1 N–H and O–H groups in total. The SMILES string of the molecule is CC1CCC(NC(=O)COC(=O)C2=COCCO2)CC1. The van der Waals surface area contributed by atoms with Crippen molar-refractivity contribution in [3.8, 4) is 0 Å². The Morgan fingerprint density at radius 1 is 1.30 bits per heavy atom. The zero-order valence-corrected chi connectivity index (χ0v) is 11.7. The van der Waals surface area contributed by atoms with Gasteiger partial charge in [0.2, 0.25) is 5.76 Å². The number of amides is 1. The molecule has 6 nitrogen and oxygen atoms in total. The second-order valence-electron chi connectivity index (χ2n) is 5.30. The monoisotopic (exact) mass is 283 g/mol. The van der Waals surface area contributed by atoms with Crippen LogP contribution in [-0.2, 0) is 23.8 Å². The minimum absolute atomic E-state index is 0.00976. The van der Waals surface area contributed by atoms with Crippen LogP contribution in [0, 0.1) is 5.92 Å². The van der Waals surface area contributed by atoms with Crippen molar-refractivity contribution in [2.45, 2.75) is 38.6 Å². The molecule has 0 aromatic rings. The lowest BCUT2D eigenvalue weighted by Crippen LogP contribution is -2.39. The predicted octanol–water partition coefficient (Wildman–Crippen LogP) is 1.11. The van der Waals surface area contributed by atoms with E-state index in [4.69, 9.17) is 14.2 Å². The summed E-state index contributed by atoms with van der Waals surface area (Å²) in [6, 6.07) is 0.200. The number of hydrogen-bond acceptors (Lipinski definition) is 5. The van der Waals surface area contributed by atoms with Crippen molar-refractivity contribution in [2.24, 2.45) is 5.92 Å². The number of hydrogen-bond donors (Lipinski definition) is 1. The van der Waals surface area contributed by atoms with Gasteiger partial charge in [-0.25, -0.2) is 4.79 Å². The molecule has 20 heavy (non-hydrogen) atoms. The zero-order valence-electron chi connectivity index (χ0n) is 11.7. The number of nitrogens with one attached hydrogen (secondary N) is 1. The van der Waals surface area contributed by atoms with E-state index in [1.54, 1.807) is 0 Å². The third-order valence-electron chi connectivity index (χ3n) is 3.57. The maximum Gasteiger partial charge on any atom is 0.377 e. The predicted molar refractivity (Wildman–Crippen MR) is 70.5 cm³/mol. The van der Waals surface area contributed by atoms with Crippen molar-refractivity contribution in [2.75, 3.05) is 19.8 Å². The normalized spacial score (nSPS) is 25.8. The summed E-state index contributed by atoms with van der Waals surface area (Å²) in [5, 5.41) is 2.89. The molecule has 0 aromatic heterocycles. The Balaban J connectivity index is 1.67. The smallest absolute Gasteiger partial charge is 0.377 e. The highest BCUT2D eigenvalue weighted by molar-refractivity contribution is 5.88. The van der Waals surface area contributed by atoms with Crippen LogP contribution in [0.15, 0.2) is 12.0 Å². The second-order valence-corrected chi connectivity index (χ2v) is 5.30. The first-order chi connectivity index (χ1) is 9.65. The third kappa shape index (κ3) is 4.43. The Kier molecular flexibility index (Phi) is 5.26. The fourth-order valence-corrected chi connectivity index (χ4v) is 2.35. The van der Waals surface area contributed by atoms with Gasteiger partial charge in [0.15, 0.2) is 6.61 Å². The molecule has 1 amide bonds. The molecular weight excluding hydrogens is 262 g/mol. The van der Waals surface area contributed by atoms with E-state index in [1.807, 2.05) is 0 Å². The topological polar surface area (TPSA) is 73.9 Å². The summed E-state index contributed by atoms with van der Waals surface area (Å²) in [4.78, 5) is 23.3. The summed E-state index contributed by atoms with van der Waals surface area (Å²) in [6.45, 7) is 2.66. The fourth-order valence-electron chi connectivity index (χ4n) is 2.35. The van der Waals surface area contributed by atoms with E-state index in [0.29, 0.717) is 13.2 Å². The molecule has 2 aliphatic rings. The Hall–Kier alpha value is -1.72. The molecule has 0 bridgehead atoms. The van der Waals surface area contributed by atoms with Crippen LogP contribution in [-0.4, -0.2) is 37.7 Å². The number of carbonyl (C=O) groups is 2. The molecule has 0 unspecified atom stereocenters. The largest absolute Gasteiger partial charge is 0.493 e. The highest BCUT2D eigenvalue weighted by Crippen LogP contribution is 2.23. The van der Waals surface area contributed by atoms with Gasteiger partial charge in [0.05, 0.1) is 0 Å². The van der Waals surface area contributed by atoms with Gasteiger partial charge in [0.25, 0.3) is 5.91 Å². The summed E-state index contributed by atoms with van der Waals surface area (Å²) in [5.74, 6) is -0.195. The van der Waals surface area contributed by atoms with E-state index in [-0.39, 0.29) is 24.3 Å². The minimum atomic E-state index is -0.669. The van der Waals surface area contributed by atoms with Gasteiger partial charge >= 0.3 is 5.97 Å². The molecular formula is C14H21NO5. The zero-order chi connectivity index (χ0) is 14.4. The van der Waals surface area contributed by atoms with Gasteiger partial charge < -0.3 is 19.5 Å². The lowest BCUT2D eigenvalue weighted by atomic mass is 9.87. The standard InChI is InChI=1S/C14H21NO5/c1-10-2-4-11(5-3-10)15-13(16)9-20-14(17)12-8-18-6-7-19-12/h8,10-11H,2-7,9H2,1H3,(H,15,16). The van der Waals surface area contributed by atoms with E-state index < -0.39 is 5.97 Å². The molecule has 1 aliphatic heterocycles. The van der Waals surface area contributed by atoms with Gasteiger partial charge in [0, 0.05) is 6.04 Å². The molecule has 2 rings (SSSR count). The van der Waals surface area contributed by atoms with Crippen LogP contribution < -0.4 is 5.32 Å². The van der Waals surface area contributed by atoms with Crippen molar-refractivity contribution < 1.29 is 23.8 Å². The van der Waals surface area contributed by atoms with E-state index in [0.717, 1.165) is 31.6 Å². The van der Waals surface area contributed by atoms with Gasteiger partial charge in [-0.1, -0.05) is 6.92 Å². The lowest BCUT2D eigenvalue weighted by molar-refractivity contribution is -0.149. The molecule has 6 heteroatoms. The molecule has 1 saturated carbocycles. The highest BCUT2D eigenvalue weighted by Gasteiger charge is 2.21. The van der Waals surface area contributed by atoms with Gasteiger partial charge in [-0.05, 0) is 31.6 Å². The van der Waals surface area contributed by atoms with Crippen LogP contribution in [0.25, 0.3) is 0 Å². The van der Waals surface area contributed by atoms with Crippen LogP contribution in [0.5, 0.6) is 0 Å². The molecule has 1 aliphatic carbocycles. The number of rotatable bonds is 4. The van der Waals surface area contributed by atoms with E-state index in [2.05, 4.69) is 12.2 Å². The van der Waals surface area contributed by atoms with Crippen molar-refractivity contribution in [3.05, 3.63) is 12.0 Å². The van der Waals surface area contributed by atoms with Crippen molar-refractivity contribution in [1.29, 1.82) is 0 Å². The first kappa shape index (κ1) is 14.7. The summed E-state index contributed by atoms with van der Waals surface area (Å²) >= 11 is 0. The molecule has 112 valence electrons. The first-order valence-corrected chi connectivity index (χ1v) is 7.06. The molecule has 0 saturated heterocycles. The Bertz CT molecular complexity index is 385. The molecule has 0 atom stereocenters. The average Bonchev–Trinajstić information content (AvgIpc) is 2.48. The van der Waals surface area contributed by atoms with Crippen LogP contribution >= 0.6 is 0 Å². The van der Waals surface area contributed by atoms with Crippen molar-refractivity contribution >= 4 is 11.9 Å². The van der Waals surface area contributed by atoms with E-state index >= 15 is 0 Å². The number of esters is 1. The van der Waals surface area contributed by atoms with Crippen LogP contribution in [0.4, 0.5) is 0 Å². The maximum atomic E-state index is 11.7. The molecule has 0 spiro atoms. The van der Waals surface area contributed by atoms with Gasteiger partial charge in [-0.2, -0.15) is 0 Å². The average molecular weight is 283 g/mol. The summed E-state index contributed by atoms with van der Waals surface area (Å²) in [6.07, 6.45) is 5.45. The van der Waals surface area contributed by atoms with Gasteiger partial charge in [0.1, 0.15) is 19.5 Å². The first-order valence-electron chi connectivity index (χ1n) is 7.06. The number of carbonyl (C=O) groups excluding carboxylic acids is 2. The van der Waals surface area contributed by atoms with Crippen molar-refractivity contribution in [1.82, 2.24) is 5.32 Å². The minimum Gasteiger partial charge on any atom is -0.493 e. The second kappa shape index (κ2) is 7.17. The Morgan fingerprint density at radius 3 is 2.70 bits per heavy atom.